The maximum absolute atomic E-state index is 13.6. The van der Waals surface area contributed by atoms with E-state index >= 15 is 0 Å². The van der Waals surface area contributed by atoms with Crippen LogP contribution < -0.4 is 30.9 Å². The third kappa shape index (κ3) is 7.80. The van der Waals surface area contributed by atoms with Gasteiger partial charge in [0.15, 0.2) is 5.78 Å². The highest BCUT2D eigenvalue weighted by atomic mass is 35.5. The molecule has 3 aliphatic heterocycles. The smallest absolute Gasteiger partial charge is 0.328 e. The number of amides is 3. The summed E-state index contributed by atoms with van der Waals surface area (Å²) < 4.78 is 1.72. The number of aromatic nitrogens is 4. The number of urea groups is 1. The minimum atomic E-state index is -0.434. The lowest BCUT2D eigenvalue weighted by atomic mass is 10.0. The van der Waals surface area contributed by atoms with E-state index in [0.29, 0.717) is 40.2 Å². The number of fused-ring (bicyclic) bond motifs is 1. The first-order valence-corrected chi connectivity index (χ1v) is 20.0. The van der Waals surface area contributed by atoms with Crippen LogP contribution >= 0.6 is 11.6 Å². The number of Topliss-reactive ketones (excluding diaryl/α,β-unsaturated/α-hetero) is 1. The third-order valence-electron chi connectivity index (χ3n) is 11.7. The van der Waals surface area contributed by atoms with Gasteiger partial charge in [0.25, 0.3) is 5.56 Å². The van der Waals surface area contributed by atoms with Gasteiger partial charge >= 0.3 is 6.03 Å². The number of piperazine rings is 2. The lowest BCUT2D eigenvalue weighted by Crippen LogP contribution is -2.51. The molecule has 1 aliphatic carbocycles. The van der Waals surface area contributed by atoms with Gasteiger partial charge in [-0.15, -0.1) is 0 Å². The van der Waals surface area contributed by atoms with Crippen LogP contribution in [-0.4, -0.2) is 119 Å². The number of nitrogens with zero attached hydrogens (tertiary/aromatic N) is 9. The van der Waals surface area contributed by atoms with Crippen molar-refractivity contribution in [3.8, 4) is 0 Å². The number of anilines is 5. The molecule has 8 rings (SSSR count). The average Bonchev–Trinajstić information content (AvgIpc) is 3.73. The van der Waals surface area contributed by atoms with Crippen LogP contribution in [0.5, 0.6) is 0 Å². The van der Waals surface area contributed by atoms with Crippen LogP contribution in [0.2, 0.25) is 5.02 Å². The number of ketones is 1. The number of aryl methyl sites for hydroxylation is 1. The van der Waals surface area contributed by atoms with Crippen molar-refractivity contribution in [3.63, 3.8) is 0 Å². The summed E-state index contributed by atoms with van der Waals surface area (Å²) in [5.41, 5.74) is 3.86. The lowest BCUT2D eigenvalue weighted by molar-refractivity contribution is -0.120. The molecule has 4 fully saturated rings. The minimum Gasteiger partial charge on any atom is -0.369 e. The number of benzene rings is 1. The molecule has 56 heavy (non-hydrogen) atoms. The van der Waals surface area contributed by atoms with Crippen LogP contribution in [0.25, 0.3) is 11.0 Å². The van der Waals surface area contributed by atoms with Gasteiger partial charge in [0, 0.05) is 102 Å². The molecule has 294 valence electrons. The van der Waals surface area contributed by atoms with Crippen LogP contribution in [0.3, 0.4) is 0 Å². The van der Waals surface area contributed by atoms with Crippen LogP contribution in [0.1, 0.15) is 61.0 Å². The molecule has 0 radical (unpaired) electrons. The molecule has 0 atom stereocenters. The highest BCUT2D eigenvalue weighted by Crippen LogP contribution is 2.33. The fourth-order valence-corrected chi connectivity index (χ4v) is 8.79. The molecular formula is C40H48ClN11O4. The summed E-state index contributed by atoms with van der Waals surface area (Å²) in [7, 11) is 0. The van der Waals surface area contributed by atoms with Gasteiger partial charge in [-0.2, -0.15) is 4.98 Å². The summed E-state index contributed by atoms with van der Waals surface area (Å²) in [6, 6.07) is 9.37. The van der Waals surface area contributed by atoms with Crippen LogP contribution in [0.4, 0.5) is 33.6 Å². The summed E-state index contributed by atoms with van der Waals surface area (Å²) in [6.07, 6.45) is 7.72. The van der Waals surface area contributed by atoms with Crippen molar-refractivity contribution in [2.75, 3.05) is 92.0 Å². The second-order valence-electron chi connectivity index (χ2n) is 15.2. The number of nitrogens with one attached hydrogen (secondary N) is 2. The highest BCUT2D eigenvalue weighted by molar-refractivity contribution is 6.34. The summed E-state index contributed by atoms with van der Waals surface area (Å²) in [4.78, 5) is 75.1. The molecule has 1 aromatic carbocycles. The van der Waals surface area contributed by atoms with E-state index in [1.165, 1.54) is 11.8 Å². The third-order valence-corrected chi connectivity index (χ3v) is 12.0. The van der Waals surface area contributed by atoms with Crippen LogP contribution in [-0.2, 0) is 4.79 Å². The van der Waals surface area contributed by atoms with Crippen molar-refractivity contribution >= 4 is 69.2 Å². The SMILES string of the molecule is CC(=O)c1c(C)c2cnc(Nc3ccc(N4CCN(CCN5CCN(c6ccc(N7CCC(=O)NC7=O)c(Cl)c6)CC5)CC4)cn3)nc2n(C2CCCC2)c1=O. The molecule has 2 N–H and O–H groups in total. The molecule has 4 aliphatic rings. The first kappa shape index (κ1) is 37.8. The van der Waals surface area contributed by atoms with E-state index in [-0.39, 0.29) is 35.3 Å². The van der Waals surface area contributed by atoms with Crippen molar-refractivity contribution in [3.05, 3.63) is 69.2 Å². The summed E-state index contributed by atoms with van der Waals surface area (Å²) in [6.45, 7) is 13.1. The Bertz CT molecular complexity index is 2190. The second kappa shape index (κ2) is 16.2. The number of halogens is 1. The van der Waals surface area contributed by atoms with Gasteiger partial charge in [0.2, 0.25) is 11.9 Å². The molecule has 3 aromatic heterocycles. The molecule has 4 aromatic rings. The van der Waals surface area contributed by atoms with Crippen molar-refractivity contribution in [2.24, 2.45) is 0 Å². The maximum atomic E-state index is 13.6. The van der Waals surface area contributed by atoms with Crippen molar-refractivity contribution in [1.29, 1.82) is 0 Å². The monoisotopic (exact) mass is 781 g/mol. The number of carbonyl (C=O) groups excluding carboxylic acids is 3. The Hall–Kier alpha value is -5.12. The Balaban J connectivity index is 0.813. The number of rotatable bonds is 10. The first-order chi connectivity index (χ1) is 27.1. The maximum Gasteiger partial charge on any atom is 0.328 e. The molecular weight excluding hydrogens is 734 g/mol. The summed E-state index contributed by atoms with van der Waals surface area (Å²) in [5.74, 6) is 0.474. The Labute approximate surface area is 330 Å². The first-order valence-electron chi connectivity index (χ1n) is 19.6. The second-order valence-corrected chi connectivity index (χ2v) is 15.6. The molecule has 0 bridgehead atoms. The van der Waals surface area contributed by atoms with Crippen LogP contribution in [0, 0.1) is 6.92 Å². The Morgan fingerprint density at radius 3 is 2.12 bits per heavy atom. The summed E-state index contributed by atoms with van der Waals surface area (Å²) >= 11 is 6.61. The van der Waals surface area contributed by atoms with Gasteiger partial charge in [-0.05, 0) is 62.6 Å². The quantitative estimate of drug-likeness (QED) is 0.217. The number of imide groups is 1. The zero-order valence-corrected chi connectivity index (χ0v) is 32.7. The standard InChI is InChI=1S/C40H48ClN11O4/c1-26-31-25-43-39(46-37(31)52(28-5-3-4-6-28)38(55)36(26)27(2)53)44-34-10-8-30(24-42-34)50-21-17-48(18-22-50)14-13-47-15-19-49(20-16-47)29-7-9-33(32(41)23-29)51-12-11-35(54)45-40(51)56/h7-10,23-25,28H,3-6,11-22H2,1-2H3,(H,45,54,56)(H,42,43,44,46). The van der Waals surface area contributed by atoms with Gasteiger partial charge in [-0.1, -0.05) is 24.4 Å². The number of pyridine rings is 2. The molecule has 0 unspecified atom stereocenters. The zero-order chi connectivity index (χ0) is 38.9. The van der Waals surface area contributed by atoms with E-state index in [2.05, 4.69) is 46.3 Å². The van der Waals surface area contributed by atoms with Gasteiger partial charge in [-0.25, -0.2) is 14.8 Å². The fourth-order valence-electron chi connectivity index (χ4n) is 8.52. The van der Waals surface area contributed by atoms with E-state index in [4.69, 9.17) is 16.6 Å². The zero-order valence-electron chi connectivity index (χ0n) is 32.0. The molecule has 0 spiro atoms. The van der Waals surface area contributed by atoms with E-state index in [0.717, 1.165) is 108 Å². The molecule has 16 heteroatoms. The number of hydrogen-bond donors (Lipinski definition) is 2. The summed E-state index contributed by atoms with van der Waals surface area (Å²) in [5, 5.41) is 6.80. The predicted octanol–water partition coefficient (Wildman–Crippen LogP) is 4.60. The van der Waals surface area contributed by atoms with E-state index in [1.54, 1.807) is 17.7 Å². The Morgan fingerprint density at radius 1 is 0.857 bits per heavy atom. The molecule has 3 saturated heterocycles. The van der Waals surface area contributed by atoms with Crippen molar-refractivity contribution in [1.82, 2.24) is 34.6 Å². The molecule has 6 heterocycles. The van der Waals surface area contributed by atoms with Crippen molar-refractivity contribution < 1.29 is 14.4 Å². The number of carbonyl (C=O) groups is 3. The van der Waals surface area contributed by atoms with Crippen LogP contribution in [0.15, 0.2) is 47.5 Å². The minimum absolute atomic E-state index is 0.0195. The van der Waals surface area contributed by atoms with E-state index in [9.17, 15) is 19.2 Å². The molecule has 15 nitrogen and oxygen atoms in total. The van der Waals surface area contributed by atoms with Gasteiger partial charge < -0.3 is 15.1 Å². The predicted molar refractivity (Wildman–Crippen MR) is 218 cm³/mol. The van der Waals surface area contributed by atoms with E-state index < -0.39 is 6.03 Å². The topological polar surface area (TPSA) is 152 Å². The van der Waals surface area contributed by atoms with Crippen molar-refractivity contribution in [2.45, 2.75) is 52.0 Å². The normalized spacial score (nSPS) is 18.9. The van der Waals surface area contributed by atoms with Gasteiger partial charge in [-0.3, -0.25) is 39.0 Å². The van der Waals surface area contributed by atoms with Gasteiger partial charge in [0.1, 0.15) is 11.5 Å². The highest BCUT2D eigenvalue weighted by Gasteiger charge is 2.28. The molecule has 3 amide bonds. The lowest BCUT2D eigenvalue weighted by Gasteiger charge is -2.39. The Morgan fingerprint density at radius 2 is 1.52 bits per heavy atom. The average molecular weight is 782 g/mol. The Kier molecular flexibility index (Phi) is 10.9. The fraction of sp³-hybridized carbons (Fsp3) is 0.475. The van der Waals surface area contributed by atoms with E-state index in [1.807, 2.05) is 30.5 Å². The largest absolute Gasteiger partial charge is 0.369 e. The van der Waals surface area contributed by atoms with Gasteiger partial charge in [0.05, 0.1) is 28.2 Å². The molecule has 1 saturated carbocycles. The number of hydrogen-bond acceptors (Lipinski definition) is 12.